The molecule has 17 heavy (non-hydrogen) atoms. The number of benzene rings is 1. The van der Waals surface area contributed by atoms with Crippen molar-refractivity contribution in [3.8, 4) is 0 Å². The SMILES string of the molecule is Cn1c[n+](C(C)(C)C)cc1[P-]c1ccccc1. The van der Waals surface area contributed by atoms with E-state index in [0.717, 1.165) is 0 Å². The number of imidazole rings is 1. The second kappa shape index (κ2) is 4.62. The van der Waals surface area contributed by atoms with Gasteiger partial charge in [-0.25, -0.2) is 4.57 Å². The van der Waals surface area contributed by atoms with Crippen molar-refractivity contribution in [2.45, 2.75) is 26.3 Å². The Kier molecular flexibility index (Phi) is 3.35. The molecule has 3 heteroatoms. The fourth-order valence-corrected chi connectivity index (χ4v) is 2.58. The third-order valence-corrected chi connectivity index (χ3v) is 3.90. The molecular formula is C14H19N2P. The summed E-state index contributed by atoms with van der Waals surface area (Å²) in [6.07, 6.45) is 4.39. The molecule has 0 saturated heterocycles. The number of hydrogen-bond acceptors (Lipinski definition) is 0. The highest BCUT2D eigenvalue weighted by Gasteiger charge is 2.18. The summed E-state index contributed by atoms with van der Waals surface area (Å²) in [4.78, 5) is 0. The van der Waals surface area contributed by atoms with E-state index in [1.807, 2.05) is 0 Å². The highest BCUT2D eigenvalue weighted by molar-refractivity contribution is 7.55. The van der Waals surface area contributed by atoms with Crippen LogP contribution in [0.3, 0.4) is 0 Å². The van der Waals surface area contributed by atoms with Crippen LogP contribution in [0, 0.1) is 0 Å². The molecule has 0 fully saturated rings. The molecular weight excluding hydrogens is 227 g/mol. The molecule has 0 bridgehead atoms. The molecule has 0 aliphatic heterocycles. The lowest BCUT2D eigenvalue weighted by atomic mass is 10.1. The lowest BCUT2D eigenvalue weighted by Crippen LogP contribution is -2.48. The lowest BCUT2D eigenvalue weighted by molar-refractivity contribution is -0.753. The number of aryl methyl sites for hydroxylation is 1. The Balaban J connectivity index is 2.26. The van der Waals surface area contributed by atoms with Crippen LogP contribution in [-0.2, 0) is 12.6 Å². The van der Waals surface area contributed by atoms with Gasteiger partial charge in [-0.05, 0) is 26.2 Å². The molecule has 0 spiro atoms. The largest absolute Gasteiger partial charge is 0.423 e. The van der Waals surface area contributed by atoms with E-state index in [1.165, 1.54) is 19.3 Å². The third kappa shape index (κ3) is 2.95. The van der Waals surface area contributed by atoms with Gasteiger partial charge in [-0.15, -0.1) is 0 Å². The maximum Gasteiger partial charge on any atom is 0.241 e. The van der Waals surface area contributed by atoms with E-state index in [9.17, 15) is 0 Å². The number of hydrogen-bond donors (Lipinski definition) is 0. The zero-order valence-electron chi connectivity index (χ0n) is 10.9. The molecule has 0 radical (unpaired) electrons. The number of rotatable bonds is 2. The first-order chi connectivity index (χ1) is 7.97. The maximum absolute atomic E-state index is 2.26. The van der Waals surface area contributed by atoms with Gasteiger partial charge in [0.05, 0.1) is 7.05 Å². The minimum absolute atomic E-state index is 0.141. The fraction of sp³-hybridized carbons (Fsp3) is 0.357. The molecule has 1 heterocycles. The van der Waals surface area contributed by atoms with Gasteiger partial charge in [0.25, 0.3) is 0 Å². The average molecular weight is 246 g/mol. The van der Waals surface area contributed by atoms with Crippen molar-refractivity contribution >= 4 is 19.3 Å². The molecule has 1 aromatic heterocycles. The van der Waals surface area contributed by atoms with Crippen LogP contribution in [0.5, 0.6) is 0 Å². The van der Waals surface area contributed by atoms with E-state index in [0.29, 0.717) is 0 Å². The van der Waals surface area contributed by atoms with Crippen molar-refractivity contribution in [2.24, 2.45) is 7.05 Å². The van der Waals surface area contributed by atoms with Gasteiger partial charge in [-0.2, -0.15) is 5.30 Å². The molecule has 0 atom stereocenters. The van der Waals surface area contributed by atoms with E-state index in [2.05, 4.69) is 79.8 Å². The third-order valence-electron chi connectivity index (χ3n) is 2.69. The van der Waals surface area contributed by atoms with Crippen molar-refractivity contribution in [3.63, 3.8) is 0 Å². The molecule has 0 saturated carbocycles. The van der Waals surface area contributed by atoms with E-state index in [1.54, 1.807) is 0 Å². The minimum atomic E-state index is 0.141. The molecule has 0 N–H and O–H groups in total. The normalized spacial score (nSPS) is 12.5. The van der Waals surface area contributed by atoms with Crippen LogP contribution in [0.1, 0.15) is 20.8 Å². The highest BCUT2D eigenvalue weighted by atomic mass is 31.1. The summed E-state index contributed by atoms with van der Waals surface area (Å²) in [6, 6.07) is 10.6. The Morgan fingerprint density at radius 3 is 2.29 bits per heavy atom. The van der Waals surface area contributed by atoms with Gasteiger partial charge in [0.1, 0.15) is 11.7 Å². The van der Waals surface area contributed by atoms with E-state index >= 15 is 0 Å². The van der Waals surface area contributed by atoms with E-state index in [4.69, 9.17) is 0 Å². The fourth-order valence-electron chi connectivity index (χ4n) is 1.60. The van der Waals surface area contributed by atoms with Gasteiger partial charge in [0.2, 0.25) is 6.33 Å². The zero-order chi connectivity index (χ0) is 12.5. The number of aromatic nitrogens is 2. The second-order valence-corrected chi connectivity index (χ2v) is 6.44. The first-order valence-corrected chi connectivity index (χ1v) is 6.71. The van der Waals surface area contributed by atoms with Gasteiger partial charge in [0, 0.05) is 0 Å². The van der Waals surface area contributed by atoms with Crippen molar-refractivity contribution in [3.05, 3.63) is 42.9 Å². The molecule has 90 valence electrons. The van der Waals surface area contributed by atoms with Crippen LogP contribution in [-0.4, -0.2) is 4.57 Å². The molecule has 0 amide bonds. The van der Waals surface area contributed by atoms with Crippen molar-refractivity contribution in [2.75, 3.05) is 0 Å². The molecule has 2 nitrogen and oxygen atoms in total. The summed E-state index contributed by atoms with van der Waals surface area (Å²) < 4.78 is 4.46. The van der Waals surface area contributed by atoms with Crippen LogP contribution in [0.4, 0.5) is 0 Å². The summed E-state index contributed by atoms with van der Waals surface area (Å²) in [7, 11) is 3.36. The molecule has 1 aromatic carbocycles. The Morgan fingerprint density at radius 1 is 1.12 bits per heavy atom. The average Bonchev–Trinajstić information content (AvgIpc) is 2.62. The van der Waals surface area contributed by atoms with Crippen LogP contribution < -0.4 is 15.3 Å². The standard InChI is InChI=1S/C14H19N2P/c1-14(2,3)16-10-13(15(4)11-16)17-12-8-6-5-7-9-12/h5-11H,1-4H3. The van der Waals surface area contributed by atoms with Gasteiger partial charge in [-0.1, -0.05) is 30.3 Å². The molecule has 0 aliphatic rings. The maximum atomic E-state index is 2.26. The quantitative estimate of drug-likeness (QED) is 0.566. The van der Waals surface area contributed by atoms with Crippen LogP contribution >= 0.6 is 8.58 Å². The minimum Gasteiger partial charge on any atom is -0.423 e. The summed E-state index contributed by atoms with van der Waals surface area (Å²) in [5.41, 5.74) is 1.45. The van der Waals surface area contributed by atoms with E-state index in [-0.39, 0.29) is 5.54 Å². The lowest BCUT2D eigenvalue weighted by Gasteiger charge is -2.15. The van der Waals surface area contributed by atoms with Crippen molar-refractivity contribution in [1.82, 2.24) is 4.57 Å². The van der Waals surface area contributed by atoms with Crippen molar-refractivity contribution < 1.29 is 4.57 Å². The van der Waals surface area contributed by atoms with Gasteiger partial charge < -0.3 is 8.58 Å². The monoisotopic (exact) mass is 246 g/mol. The Labute approximate surface area is 105 Å². The van der Waals surface area contributed by atoms with Gasteiger partial charge >= 0.3 is 0 Å². The summed E-state index contributed by atoms with van der Waals surface area (Å²) in [6.45, 7) is 6.66. The first kappa shape index (κ1) is 12.3. The van der Waals surface area contributed by atoms with Gasteiger partial charge in [0.15, 0.2) is 0 Å². The molecule has 0 aliphatic carbocycles. The summed E-state index contributed by atoms with van der Waals surface area (Å²) in [5, 5.41) is 1.33. The second-order valence-electron chi connectivity index (χ2n) is 5.24. The smallest absolute Gasteiger partial charge is 0.241 e. The zero-order valence-corrected chi connectivity index (χ0v) is 11.8. The van der Waals surface area contributed by atoms with Crippen LogP contribution in [0.15, 0.2) is 42.9 Å². The highest BCUT2D eigenvalue weighted by Crippen LogP contribution is 2.10. The predicted octanol–water partition coefficient (Wildman–Crippen LogP) is 1.96. The molecule has 2 aromatic rings. The number of nitrogens with zero attached hydrogens (tertiary/aromatic N) is 2. The van der Waals surface area contributed by atoms with Crippen molar-refractivity contribution in [1.29, 1.82) is 0 Å². The molecule has 2 rings (SSSR count). The van der Waals surface area contributed by atoms with Gasteiger partial charge in [-0.3, -0.25) is 4.57 Å². The Hall–Kier alpha value is -1.14. The van der Waals surface area contributed by atoms with Crippen LogP contribution in [0.2, 0.25) is 0 Å². The summed E-state index contributed by atoms with van der Waals surface area (Å²) >= 11 is 0. The van der Waals surface area contributed by atoms with Crippen LogP contribution in [0.25, 0.3) is 0 Å². The Bertz CT molecular complexity index is 495. The topological polar surface area (TPSA) is 8.81 Å². The van der Waals surface area contributed by atoms with E-state index < -0.39 is 0 Å². The first-order valence-electron chi connectivity index (χ1n) is 5.82. The summed E-state index contributed by atoms with van der Waals surface area (Å²) in [5.74, 6) is 0. The Morgan fingerprint density at radius 2 is 1.76 bits per heavy atom. The predicted molar refractivity (Wildman–Crippen MR) is 73.2 cm³/mol. The molecule has 0 unspecified atom stereocenters.